The molecule has 2 aromatic rings. The molecule has 0 radical (unpaired) electrons. The van der Waals surface area contributed by atoms with Crippen molar-refractivity contribution in [1.29, 1.82) is 0 Å². The van der Waals surface area contributed by atoms with E-state index in [0.717, 1.165) is 42.1 Å². The smallest absolute Gasteiger partial charge is 0.410 e. The van der Waals surface area contributed by atoms with E-state index < -0.39 is 5.60 Å². The molecule has 188 valence electrons. The van der Waals surface area contributed by atoms with Crippen LogP contribution < -0.4 is 19.3 Å². The second-order valence-electron chi connectivity index (χ2n) is 9.89. The Bertz CT molecular complexity index is 1090. The zero-order valence-electron chi connectivity index (χ0n) is 21.3. The molecule has 2 aromatic carbocycles. The number of amides is 2. The number of carbonyl (C=O) groups is 2. The predicted molar refractivity (Wildman–Crippen MR) is 136 cm³/mol. The van der Waals surface area contributed by atoms with Crippen LogP contribution >= 0.6 is 0 Å². The summed E-state index contributed by atoms with van der Waals surface area (Å²) in [4.78, 5) is 31.6. The lowest BCUT2D eigenvalue weighted by Crippen LogP contribution is -2.39. The van der Waals surface area contributed by atoms with E-state index in [-0.39, 0.29) is 12.0 Å². The first-order valence-electron chi connectivity index (χ1n) is 12.1. The molecule has 1 saturated heterocycles. The van der Waals surface area contributed by atoms with E-state index in [1.807, 2.05) is 57.2 Å². The largest absolute Gasteiger partial charge is 0.497 e. The molecule has 0 atom stereocenters. The Balaban J connectivity index is 1.50. The third-order valence-electron chi connectivity index (χ3n) is 6.36. The normalized spacial score (nSPS) is 16.5. The lowest BCUT2D eigenvalue weighted by molar-refractivity contribution is 0.0263. The number of anilines is 2. The maximum Gasteiger partial charge on any atom is 0.410 e. The van der Waals surface area contributed by atoms with Gasteiger partial charge in [-0.2, -0.15) is 0 Å². The van der Waals surface area contributed by atoms with Crippen LogP contribution in [0.2, 0.25) is 0 Å². The molecule has 8 nitrogen and oxygen atoms in total. The topological polar surface area (TPSA) is 71.6 Å². The van der Waals surface area contributed by atoms with Gasteiger partial charge in [0.15, 0.2) is 0 Å². The van der Waals surface area contributed by atoms with Crippen molar-refractivity contribution in [3.05, 3.63) is 47.5 Å². The molecule has 0 bridgehead atoms. The monoisotopic (exact) mass is 481 g/mol. The van der Waals surface area contributed by atoms with E-state index in [1.165, 1.54) is 0 Å². The summed E-state index contributed by atoms with van der Waals surface area (Å²) in [5, 5.41) is 0. The summed E-state index contributed by atoms with van der Waals surface area (Å²) in [6.45, 7) is 8.93. The molecule has 8 heteroatoms. The third-order valence-corrected chi connectivity index (χ3v) is 6.36. The fraction of sp³-hybridized carbons (Fsp3) is 0.481. The van der Waals surface area contributed by atoms with E-state index >= 15 is 0 Å². The van der Waals surface area contributed by atoms with E-state index in [2.05, 4.69) is 4.90 Å². The van der Waals surface area contributed by atoms with E-state index in [9.17, 15) is 9.59 Å². The predicted octanol–water partition coefficient (Wildman–Crippen LogP) is 4.35. The lowest BCUT2D eigenvalue weighted by atomic mass is 9.98. The van der Waals surface area contributed by atoms with Gasteiger partial charge in [-0.05, 0) is 69.5 Å². The number of carbonyl (C=O) groups excluding carboxylic acids is 2. The van der Waals surface area contributed by atoms with Gasteiger partial charge in [-0.3, -0.25) is 4.79 Å². The first kappa shape index (κ1) is 24.7. The standard InChI is InChI=1S/C27H35N3O5/c1-27(2,3)35-26(32)29-13-6-12-28(15-16-29)23-10-7-20(18-24(23)34-5)30-14-11-19-17-21(33-4)8-9-22(19)25(30)31/h7-10,17-18H,6,11-16H2,1-5H3. The zero-order valence-corrected chi connectivity index (χ0v) is 21.3. The van der Waals surface area contributed by atoms with Crippen LogP contribution in [-0.2, 0) is 11.2 Å². The van der Waals surface area contributed by atoms with Crippen LogP contribution in [0.15, 0.2) is 36.4 Å². The Morgan fingerprint density at radius 3 is 2.43 bits per heavy atom. The molecule has 1 fully saturated rings. The first-order chi connectivity index (χ1) is 16.7. The van der Waals surface area contributed by atoms with Crippen molar-refractivity contribution in [2.45, 2.75) is 39.2 Å². The number of ether oxygens (including phenoxy) is 3. The molecule has 2 amide bonds. The number of fused-ring (bicyclic) bond motifs is 1. The number of nitrogens with zero attached hydrogens (tertiary/aromatic N) is 3. The van der Waals surface area contributed by atoms with Gasteiger partial charge >= 0.3 is 6.09 Å². The third kappa shape index (κ3) is 5.47. The van der Waals surface area contributed by atoms with Crippen LogP contribution in [0.1, 0.15) is 43.1 Å². The van der Waals surface area contributed by atoms with Crippen molar-refractivity contribution < 1.29 is 23.8 Å². The van der Waals surface area contributed by atoms with Gasteiger partial charge in [-0.25, -0.2) is 4.79 Å². The van der Waals surface area contributed by atoms with Crippen LogP contribution in [0.25, 0.3) is 0 Å². The fourth-order valence-corrected chi connectivity index (χ4v) is 4.60. The van der Waals surface area contributed by atoms with Crippen molar-refractivity contribution in [1.82, 2.24) is 4.90 Å². The van der Waals surface area contributed by atoms with Crippen molar-refractivity contribution in [2.75, 3.05) is 56.7 Å². The minimum atomic E-state index is -0.513. The molecule has 0 N–H and O–H groups in total. The van der Waals surface area contributed by atoms with Crippen LogP contribution in [0.4, 0.5) is 16.2 Å². The summed E-state index contributed by atoms with van der Waals surface area (Å²) < 4.78 is 16.6. The molecular weight excluding hydrogens is 446 g/mol. The number of benzene rings is 2. The van der Waals surface area contributed by atoms with Gasteiger partial charge in [-0.1, -0.05) is 0 Å². The summed E-state index contributed by atoms with van der Waals surface area (Å²) in [7, 11) is 3.28. The van der Waals surface area contributed by atoms with Crippen LogP contribution in [0, 0.1) is 0 Å². The van der Waals surface area contributed by atoms with Crippen LogP contribution in [0.5, 0.6) is 11.5 Å². The summed E-state index contributed by atoms with van der Waals surface area (Å²) >= 11 is 0. The molecule has 0 spiro atoms. The second-order valence-corrected chi connectivity index (χ2v) is 9.89. The summed E-state index contributed by atoms with van der Waals surface area (Å²) in [5.41, 5.74) is 2.96. The average Bonchev–Trinajstić information content (AvgIpc) is 3.09. The maximum atomic E-state index is 13.2. The maximum absolute atomic E-state index is 13.2. The van der Waals surface area contributed by atoms with Gasteiger partial charge < -0.3 is 28.9 Å². The molecule has 35 heavy (non-hydrogen) atoms. The molecule has 2 aliphatic heterocycles. The molecule has 0 aromatic heterocycles. The molecule has 4 rings (SSSR count). The van der Waals surface area contributed by atoms with Crippen molar-refractivity contribution in [3.63, 3.8) is 0 Å². The van der Waals surface area contributed by atoms with Gasteiger partial charge in [0.05, 0.1) is 19.9 Å². The average molecular weight is 482 g/mol. The van der Waals surface area contributed by atoms with E-state index in [4.69, 9.17) is 14.2 Å². The summed E-state index contributed by atoms with van der Waals surface area (Å²) in [6, 6.07) is 11.5. The molecular formula is C27H35N3O5. The van der Waals surface area contributed by atoms with E-state index in [1.54, 1.807) is 24.0 Å². The molecule has 2 heterocycles. The van der Waals surface area contributed by atoms with Crippen molar-refractivity contribution in [3.8, 4) is 11.5 Å². The highest BCUT2D eigenvalue weighted by molar-refractivity contribution is 6.08. The second kappa shape index (κ2) is 10.1. The zero-order chi connectivity index (χ0) is 25.2. The van der Waals surface area contributed by atoms with Crippen molar-refractivity contribution >= 4 is 23.4 Å². The Hall–Kier alpha value is -3.42. The highest BCUT2D eigenvalue weighted by Gasteiger charge is 2.28. The van der Waals surface area contributed by atoms with Crippen molar-refractivity contribution in [2.24, 2.45) is 0 Å². The van der Waals surface area contributed by atoms with E-state index in [0.29, 0.717) is 37.5 Å². The fourth-order valence-electron chi connectivity index (χ4n) is 4.60. The molecule has 0 saturated carbocycles. The minimum Gasteiger partial charge on any atom is -0.497 e. The van der Waals surface area contributed by atoms with Gasteiger partial charge in [-0.15, -0.1) is 0 Å². The Kier molecular flexibility index (Phi) is 7.10. The number of hydrogen-bond acceptors (Lipinski definition) is 6. The highest BCUT2D eigenvalue weighted by Crippen LogP contribution is 2.35. The van der Waals surface area contributed by atoms with Gasteiger partial charge in [0, 0.05) is 50.0 Å². The van der Waals surface area contributed by atoms with Gasteiger partial charge in [0.25, 0.3) is 5.91 Å². The Morgan fingerprint density at radius 2 is 1.71 bits per heavy atom. The lowest BCUT2D eigenvalue weighted by Gasteiger charge is -2.31. The minimum absolute atomic E-state index is 0.0218. The first-order valence-corrected chi connectivity index (χ1v) is 12.1. The van der Waals surface area contributed by atoms with Crippen LogP contribution in [-0.4, -0.2) is 69.4 Å². The SMILES string of the molecule is COc1ccc2c(c1)CCN(c1ccc(N3CCCN(C(=O)OC(C)(C)C)CC3)c(OC)c1)C2=O. The molecule has 0 aliphatic carbocycles. The Morgan fingerprint density at radius 1 is 0.914 bits per heavy atom. The summed E-state index contributed by atoms with van der Waals surface area (Å²) in [5.74, 6) is 1.45. The quantitative estimate of drug-likeness (QED) is 0.647. The van der Waals surface area contributed by atoms with Crippen LogP contribution in [0.3, 0.4) is 0 Å². The highest BCUT2D eigenvalue weighted by atomic mass is 16.6. The molecule has 2 aliphatic rings. The number of rotatable bonds is 4. The summed E-state index contributed by atoms with van der Waals surface area (Å²) in [6.07, 6.45) is 1.31. The molecule has 0 unspecified atom stereocenters. The van der Waals surface area contributed by atoms with Gasteiger partial charge in [0.1, 0.15) is 17.1 Å². The number of methoxy groups -OCH3 is 2. The number of hydrogen-bond donors (Lipinski definition) is 0. The Labute approximate surface area is 207 Å². The van der Waals surface area contributed by atoms with Gasteiger partial charge in [0.2, 0.25) is 0 Å².